The lowest BCUT2D eigenvalue weighted by Gasteiger charge is -2.08. The first-order chi connectivity index (χ1) is 10.6. The van der Waals surface area contributed by atoms with Gasteiger partial charge in [-0.15, -0.1) is 0 Å². The summed E-state index contributed by atoms with van der Waals surface area (Å²) in [6.45, 7) is 2.28. The first-order valence-electron chi connectivity index (χ1n) is 7.06. The smallest absolute Gasteiger partial charge is 0.359 e. The average Bonchev–Trinajstić information content (AvgIpc) is 2.50. The summed E-state index contributed by atoms with van der Waals surface area (Å²) in [5.74, 6) is -0.734. The standard InChI is InChI=1S/C15H17N3O4/c1-2-3-6-9-22-15(19)13-12(16)14(18(20)21)10-7-4-5-8-11(10)17-13/h4-5,7-8H,2-3,6,9,16H2,1H3. The van der Waals surface area contributed by atoms with Crippen LogP contribution in [0.2, 0.25) is 0 Å². The number of rotatable bonds is 6. The molecule has 1 aromatic heterocycles. The molecule has 0 aliphatic rings. The average molecular weight is 303 g/mol. The van der Waals surface area contributed by atoms with E-state index in [1.807, 2.05) is 6.92 Å². The number of aromatic nitrogens is 1. The molecule has 0 fully saturated rings. The molecule has 0 spiro atoms. The minimum absolute atomic E-state index is 0.207. The molecule has 2 rings (SSSR count). The van der Waals surface area contributed by atoms with Crippen molar-refractivity contribution >= 4 is 28.2 Å². The van der Waals surface area contributed by atoms with Crippen molar-refractivity contribution in [2.24, 2.45) is 0 Å². The molecule has 2 N–H and O–H groups in total. The number of carbonyl (C=O) groups excluding carboxylic acids is 1. The first-order valence-corrected chi connectivity index (χ1v) is 7.06. The molecule has 0 atom stereocenters. The molecule has 0 unspecified atom stereocenters. The molecule has 7 heteroatoms. The summed E-state index contributed by atoms with van der Waals surface area (Å²) in [7, 11) is 0. The summed E-state index contributed by atoms with van der Waals surface area (Å²) in [4.78, 5) is 26.8. The van der Waals surface area contributed by atoms with Crippen molar-refractivity contribution in [2.45, 2.75) is 26.2 Å². The third kappa shape index (κ3) is 3.13. The highest BCUT2D eigenvalue weighted by atomic mass is 16.6. The number of nitrogens with two attached hydrogens (primary N) is 1. The molecular formula is C15H17N3O4. The number of fused-ring (bicyclic) bond motifs is 1. The fraction of sp³-hybridized carbons (Fsp3) is 0.333. The van der Waals surface area contributed by atoms with Gasteiger partial charge in [0.25, 0.3) is 0 Å². The van der Waals surface area contributed by atoms with Gasteiger partial charge in [0.2, 0.25) is 0 Å². The van der Waals surface area contributed by atoms with E-state index in [0.717, 1.165) is 19.3 Å². The van der Waals surface area contributed by atoms with E-state index in [0.29, 0.717) is 10.9 Å². The number of nitrogen functional groups attached to an aromatic ring is 1. The summed E-state index contributed by atoms with van der Waals surface area (Å²) in [6, 6.07) is 6.48. The number of pyridine rings is 1. The highest BCUT2D eigenvalue weighted by molar-refractivity contribution is 6.03. The molecule has 1 heterocycles. The number of esters is 1. The van der Waals surface area contributed by atoms with Crippen LogP contribution in [-0.4, -0.2) is 22.5 Å². The van der Waals surface area contributed by atoms with Crippen LogP contribution in [0.25, 0.3) is 10.9 Å². The second kappa shape index (κ2) is 6.84. The van der Waals surface area contributed by atoms with Crippen molar-refractivity contribution in [3.8, 4) is 0 Å². The number of carbonyl (C=O) groups is 1. The van der Waals surface area contributed by atoms with Gasteiger partial charge in [0, 0.05) is 0 Å². The zero-order valence-corrected chi connectivity index (χ0v) is 12.2. The largest absolute Gasteiger partial charge is 0.461 e. The normalized spacial score (nSPS) is 10.6. The Labute approximate surface area is 127 Å². The van der Waals surface area contributed by atoms with E-state index in [-0.39, 0.29) is 23.7 Å². The van der Waals surface area contributed by atoms with Crippen molar-refractivity contribution in [3.05, 3.63) is 40.1 Å². The maximum Gasteiger partial charge on any atom is 0.359 e. The highest BCUT2D eigenvalue weighted by Crippen LogP contribution is 2.32. The lowest BCUT2D eigenvalue weighted by Crippen LogP contribution is -2.13. The number of unbranched alkanes of at least 4 members (excludes halogenated alkanes) is 2. The summed E-state index contributed by atoms with van der Waals surface area (Å²) >= 11 is 0. The number of anilines is 1. The van der Waals surface area contributed by atoms with Crippen molar-refractivity contribution in [1.29, 1.82) is 0 Å². The number of benzene rings is 1. The van der Waals surface area contributed by atoms with Crippen LogP contribution in [0.15, 0.2) is 24.3 Å². The van der Waals surface area contributed by atoms with Crippen LogP contribution in [0.4, 0.5) is 11.4 Å². The van der Waals surface area contributed by atoms with Gasteiger partial charge in [0.15, 0.2) is 5.69 Å². The Morgan fingerprint density at radius 2 is 2.09 bits per heavy atom. The molecule has 0 radical (unpaired) electrons. The molecule has 116 valence electrons. The topological polar surface area (TPSA) is 108 Å². The number of hydrogen-bond donors (Lipinski definition) is 1. The SMILES string of the molecule is CCCCCOC(=O)c1nc2ccccc2c([N+](=O)[O-])c1N. The van der Waals surface area contributed by atoms with Gasteiger partial charge in [-0.1, -0.05) is 31.9 Å². The van der Waals surface area contributed by atoms with Crippen LogP contribution in [0.3, 0.4) is 0 Å². The Kier molecular flexibility index (Phi) is 4.88. The molecule has 0 saturated carbocycles. The van der Waals surface area contributed by atoms with E-state index < -0.39 is 10.9 Å². The van der Waals surface area contributed by atoms with Crippen LogP contribution in [-0.2, 0) is 4.74 Å². The Morgan fingerprint density at radius 3 is 2.77 bits per heavy atom. The second-order valence-corrected chi connectivity index (χ2v) is 4.84. The molecule has 0 aliphatic carbocycles. The van der Waals surface area contributed by atoms with Crippen LogP contribution >= 0.6 is 0 Å². The summed E-state index contributed by atoms with van der Waals surface area (Å²) in [5, 5.41) is 11.6. The van der Waals surface area contributed by atoms with E-state index in [1.165, 1.54) is 0 Å². The monoisotopic (exact) mass is 303 g/mol. The highest BCUT2D eigenvalue weighted by Gasteiger charge is 2.26. The van der Waals surface area contributed by atoms with Gasteiger partial charge in [-0.25, -0.2) is 9.78 Å². The van der Waals surface area contributed by atoms with Gasteiger partial charge in [-0.3, -0.25) is 10.1 Å². The van der Waals surface area contributed by atoms with Crippen molar-refractivity contribution in [2.75, 3.05) is 12.3 Å². The minimum Gasteiger partial charge on any atom is -0.461 e. The van der Waals surface area contributed by atoms with E-state index >= 15 is 0 Å². The maximum atomic E-state index is 12.1. The van der Waals surface area contributed by atoms with Crippen molar-refractivity contribution in [3.63, 3.8) is 0 Å². The number of para-hydroxylation sites is 1. The Hall–Kier alpha value is -2.70. The Balaban J connectivity index is 2.40. The van der Waals surface area contributed by atoms with Gasteiger partial charge >= 0.3 is 11.7 Å². The third-order valence-electron chi connectivity index (χ3n) is 3.26. The molecule has 7 nitrogen and oxygen atoms in total. The Bertz CT molecular complexity index is 715. The minimum atomic E-state index is -0.734. The second-order valence-electron chi connectivity index (χ2n) is 4.84. The molecule has 22 heavy (non-hydrogen) atoms. The van der Waals surface area contributed by atoms with Crippen molar-refractivity contribution in [1.82, 2.24) is 4.98 Å². The lowest BCUT2D eigenvalue weighted by atomic mass is 10.1. The number of nitrogens with zero attached hydrogens (tertiary/aromatic N) is 2. The predicted octanol–water partition coefficient (Wildman–Crippen LogP) is 3.07. The fourth-order valence-electron chi connectivity index (χ4n) is 2.15. The third-order valence-corrected chi connectivity index (χ3v) is 3.26. The molecule has 0 bridgehead atoms. The van der Waals surface area contributed by atoms with Crippen LogP contribution < -0.4 is 5.73 Å². The quantitative estimate of drug-likeness (QED) is 0.380. The van der Waals surface area contributed by atoms with Gasteiger partial charge in [0.05, 0.1) is 22.4 Å². The van der Waals surface area contributed by atoms with Crippen LogP contribution in [0.1, 0.15) is 36.7 Å². The van der Waals surface area contributed by atoms with Crippen LogP contribution in [0, 0.1) is 10.1 Å². The summed E-state index contributed by atoms with van der Waals surface area (Å²) < 4.78 is 5.09. The number of ether oxygens (including phenoxy) is 1. The van der Waals surface area contributed by atoms with E-state index in [1.54, 1.807) is 24.3 Å². The van der Waals surface area contributed by atoms with Crippen LogP contribution in [0.5, 0.6) is 0 Å². The summed E-state index contributed by atoms with van der Waals surface area (Å²) in [5.41, 5.74) is 5.33. The Morgan fingerprint density at radius 1 is 1.36 bits per heavy atom. The van der Waals surface area contributed by atoms with Gasteiger partial charge < -0.3 is 10.5 Å². The van der Waals surface area contributed by atoms with E-state index in [9.17, 15) is 14.9 Å². The molecular weight excluding hydrogens is 286 g/mol. The van der Waals surface area contributed by atoms with Gasteiger partial charge in [-0.05, 0) is 18.6 Å². The summed E-state index contributed by atoms with van der Waals surface area (Å²) in [6.07, 6.45) is 2.67. The number of hydrogen-bond acceptors (Lipinski definition) is 6. The van der Waals surface area contributed by atoms with Gasteiger partial charge in [-0.2, -0.15) is 0 Å². The molecule has 0 saturated heterocycles. The van der Waals surface area contributed by atoms with E-state index in [4.69, 9.17) is 10.5 Å². The molecule has 0 amide bonds. The fourth-order valence-corrected chi connectivity index (χ4v) is 2.15. The first kappa shape index (κ1) is 15.7. The molecule has 2 aromatic rings. The van der Waals surface area contributed by atoms with E-state index in [2.05, 4.69) is 4.98 Å². The zero-order valence-electron chi connectivity index (χ0n) is 12.2. The number of nitro groups is 1. The molecule has 0 aliphatic heterocycles. The van der Waals surface area contributed by atoms with Gasteiger partial charge in [0.1, 0.15) is 5.69 Å². The molecule has 1 aromatic carbocycles. The zero-order chi connectivity index (χ0) is 16.1. The van der Waals surface area contributed by atoms with Crippen molar-refractivity contribution < 1.29 is 14.5 Å². The maximum absolute atomic E-state index is 12.1. The predicted molar refractivity (Wildman–Crippen MR) is 82.6 cm³/mol. The lowest BCUT2D eigenvalue weighted by molar-refractivity contribution is -0.382.